The zero-order valence-electron chi connectivity index (χ0n) is 10.9. The zero-order valence-corrected chi connectivity index (χ0v) is 10.9. The first-order chi connectivity index (χ1) is 8.58. The fourth-order valence-electron chi connectivity index (χ4n) is 2.36. The molecule has 1 heterocycles. The van der Waals surface area contributed by atoms with Gasteiger partial charge in [0.1, 0.15) is 5.78 Å². The highest BCUT2D eigenvalue weighted by Crippen LogP contribution is 2.21. The van der Waals surface area contributed by atoms with Crippen molar-refractivity contribution in [2.75, 3.05) is 0 Å². The van der Waals surface area contributed by atoms with E-state index in [1.807, 2.05) is 13.8 Å². The first kappa shape index (κ1) is 12.8. The number of rotatable bonds is 3. The highest BCUT2D eigenvalue weighted by atomic mass is 16.2. The van der Waals surface area contributed by atoms with Gasteiger partial charge in [-0.05, 0) is 26.7 Å². The van der Waals surface area contributed by atoms with E-state index >= 15 is 0 Å². The van der Waals surface area contributed by atoms with Gasteiger partial charge < -0.3 is 5.32 Å². The third kappa shape index (κ3) is 2.78. The van der Waals surface area contributed by atoms with Crippen LogP contribution in [0.2, 0.25) is 0 Å². The number of Topliss-reactive ketones (excluding diaryl/α,β-unsaturated/α-hetero) is 1. The molecule has 18 heavy (non-hydrogen) atoms. The van der Waals surface area contributed by atoms with Crippen LogP contribution in [-0.4, -0.2) is 21.9 Å². The van der Waals surface area contributed by atoms with Crippen molar-refractivity contribution in [1.82, 2.24) is 15.5 Å². The molecule has 0 radical (unpaired) electrons. The second-order valence-corrected chi connectivity index (χ2v) is 4.94. The maximum absolute atomic E-state index is 12.0. The molecule has 5 heteroatoms. The lowest BCUT2D eigenvalue weighted by Crippen LogP contribution is -2.33. The van der Waals surface area contributed by atoms with E-state index < -0.39 is 0 Å². The summed E-state index contributed by atoms with van der Waals surface area (Å²) in [6, 6.07) is 0. The second-order valence-electron chi connectivity index (χ2n) is 4.94. The van der Waals surface area contributed by atoms with Crippen LogP contribution in [-0.2, 0) is 16.1 Å². The number of carbonyl (C=O) groups excluding carboxylic acids is 2. The Morgan fingerprint density at radius 3 is 2.61 bits per heavy atom. The molecule has 1 aliphatic carbocycles. The number of amides is 1. The zero-order chi connectivity index (χ0) is 13.1. The third-order valence-electron chi connectivity index (χ3n) is 3.63. The molecule has 98 valence electrons. The maximum Gasteiger partial charge on any atom is 0.223 e. The van der Waals surface area contributed by atoms with Crippen molar-refractivity contribution in [3.05, 3.63) is 17.0 Å². The van der Waals surface area contributed by atoms with Crippen molar-refractivity contribution in [3.63, 3.8) is 0 Å². The Labute approximate surface area is 106 Å². The molecule has 0 spiro atoms. The number of aromatic nitrogens is 2. The summed E-state index contributed by atoms with van der Waals surface area (Å²) in [5.41, 5.74) is 2.97. The molecule has 1 amide bonds. The van der Waals surface area contributed by atoms with Crippen molar-refractivity contribution < 1.29 is 9.59 Å². The standard InChI is InChI=1S/C13H19N3O2/c1-8-12(9(2)16-15-8)7-14-13(18)10-3-5-11(17)6-4-10/h10H,3-7H2,1-2H3,(H,14,18)(H,15,16). The molecule has 0 unspecified atom stereocenters. The van der Waals surface area contributed by atoms with Crippen LogP contribution in [0.3, 0.4) is 0 Å². The number of nitrogens with zero attached hydrogens (tertiary/aromatic N) is 1. The van der Waals surface area contributed by atoms with E-state index in [0.717, 1.165) is 17.0 Å². The van der Waals surface area contributed by atoms with Gasteiger partial charge in [-0.2, -0.15) is 5.10 Å². The molecule has 1 aromatic rings. The average Bonchev–Trinajstić information content (AvgIpc) is 2.67. The van der Waals surface area contributed by atoms with Gasteiger partial charge in [-0.3, -0.25) is 14.7 Å². The van der Waals surface area contributed by atoms with E-state index in [9.17, 15) is 9.59 Å². The van der Waals surface area contributed by atoms with Crippen LogP contribution in [0.25, 0.3) is 0 Å². The number of hydrogen-bond acceptors (Lipinski definition) is 3. The highest BCUT2D eigenvalue weighted by Gasteiger charge is 2.24. The first-order valence-electron chi connectivity index (χ1n) is 6.37. The lowest BCUT2D eigenvalue weighted by atomic mass is 9.88. The number of carbonyl (C=O) groups is 2. The summed E-state index contributed by atoms with van der Waals surface area (Å²) < 4.78 is 0. The molecule has 2 N–H and O–H groups in total. The predicted molar refractivity (Wildman–Crippen MR) is 66.9 cm³/mol. The summed E-state index contributed by atoms with van der Waals surface area (Å²) in [6.07, 6.45) is 2.46. The number of hydrogen-bond donors (Lipinski definition) is 2. The van der Waals surface area contributed by atoms with E-state index in [2.05, 4.69) is 15.5 Å². The molecule has 1 aromatic heterocycles. The molecule has 0 aromatic carbocycles. The van der Waals surface area contributed by atoms with Crippen molar-refractivity contribution >= 4 is 11.7 Å². The van der Waals surface area contributed by atoms with Crippen LogP contribution in [0.1, 0.15) is 42.6 Å². The summed E-state index contributed by atoms with van der Waals surface area (Å²) in [6.45, 7) is 4.38. The summed E-state index contributed by atoms with van der Waals surface area (Å²) >= 11 is 0. The molecule has 1 saturated carbocycles. The van der Waals surface area contributed by atoms with Crippen molar-refractivity contribution in [1.29, 1.82) is 0 Å². The van der Waals surface area contributed by atoms with Crippen LogP contribution >= 0.6 is 0 Å². The largest absolute Gasteiger partial charge is 0.352 e. The van der Waals surface area contributed by atoms with E-state index in [-0.39, 0.29) is 17.6 Å². The van der Waals surface area contributed by atoms with Crippen molar-refractivity contribution in [2.45, 2.75) is 46.1 Å². The Hall–Kier alpha value is -1.65. The summed E-state index contributed by atoms with van der Waals surface area (Å²) in [5.74, 6) is 0.332. The minimum Gasteiger partial charge on any atom is -0.352 e. The van der Waals surface area contributed by atoms with Gasteiger partial charge in [-0.1, -0.05) is 0 Å². The molecule has 1 fully saturated rings. The van der Waals surface area contributed by atoms with E-state index in [1.54, 1.807) is 0 Å². The molecular weight excluding hydrogens is 230 g/mol. The van der Waals surface area contributed by atoms with Gasteiger partial charge in [0.15, 0.2) is 0 Å². The molecule has 0 bridgehead atoms. The van der Waals surface area contributed by atoms with Crippen molar-refractivity contribution in [2.24, 2.45) is 5.92 Å². The molecule has 2 rings (SSSR count). The topological polar surface area (TPSA) is 74.8 Å². The molecule has 0 saturated heterocycles. The van der Waals surface area contributed by atoms with Gasteiger partial charge in [-0.15, -0.1) is 0 Å². The Balaban J connectivity index is 1.87. The molecule has 5 nitrogen and oxygen atoms in total. The number of nitrogens with one attached hydrogen (secondary N) is 2. The van der Waals surface area contributed by atoms with Gasteiger partial charge in [0.25, 0.3) is 0 Å². The fourth-order valence-corrected chi connectivity index (χ4v) is 2.36. The summed E-state index contributed by atoms with van der Waals surface area (Å²) in [4.78, 5) is 23.1. The smallest absolute Gasteiger partial charge is 0.223 e. The first-order valence-corrected chi connectivity index (χ1v) is 6.37. The lowest BCUT2D eigenvalue weighted by Gasteiger charge is -2.20. The van der Waals surface area contributed by atoms with Crippen LogP contribution in [0, 0.1) is 19.8 Å². The number of H-pyrrole nitrogens is 1. The number of aromatic amines is 1. The van der Waals surface area contributed by atoms with Crippen LogP contribution in [0.5, 0.6) is 0 Å². The van der Waals surface area contributed by atoms with Gasteiger partial charge in [0.2, 0.25) is 5.91 Å². The molecular formula is C13H19N3O2. The van der Waals surface area contributed by atoms with Gasteiger partial charge in [0, 0.05) is 36.6 Å². The molecule has 0 aliphatic heterocycles. The average molecular weight is 249 g/mol. The van der Waals surface area contributed by atoms with Crippen LogP contribution in [0.4, 0.5) is 0 Å². The van der Waals surface area contributed by atoms with Gasteiger partial charge >= 0.3 is 0 Å². The Morgan fingerprint density at radius 2 is 2.06 bits per heavy atom. The maximum atomic E-state index is 12.0. The minimum atomic E-state index is -0.00443. The number of ketones is 1. The SMILES string of the molecule is Cc1n[nH]c(C)c1CNC(=O)C1CCC(=O)CC1. The summed E-state index contributed by atoms with van der Waals surface area (Å²) in [7, 11) is 0. The van der Waals surface area contributed by atoms with E-state index in [1.165, 1.54) is 0 Å². The van der Waals surface area contributed by atoms with Crippen LogP contribution in [0.15, 0.2) is 0 Å². The monoisotopic (exact) mass is 249 g/mol. The Morgan fingerprint density at radius 1 is 1.39 bits per heavy atom. The third-order valence-corrected chi connectivity index (χ3v) is 3.63. The fraction of sp³-hybridized carbons (Fsp3) is 0.615. The van der Waals surface area contributed by atoms with Gasteiger partial charge in [0.05, 0.1) is 5.69 Å². The normalized spacial score (nSPS) is 16.9. The Bertz CT molecular complexity index is 435. The summed E-state index contributed by atoms with van der Waals surface area (Å²) in [5, 5.41) is 9.94. The highest BCUT2D eigenvalue weighted by molar-refractivity contribution is 5.84. The lowest BCUT2D eigenvalue weighted by molar-refractivity contribution is -0.128. The molecule has 0 atom stereocenters. The minimum absolute atomic E-state index is 0.00443. The Kier molecular flexibility index (Phi) is 3.79. The number of aryl methyl sites for hydroxylation is 2. The van der Waals surface area contributed by atoms with E-state index in [0.29, 0.717) is 32.2 Å². The van der Waals surface area contributed by atoms with Crippen LogP contribution < -0.4 is 5.32 Å². The quantitative estimate of drug-likeness (QED) is 0.850. The van der Waals surface area contributed by atoms with Gasteiger partial charge in [-0.25, -0.2) is 0 Å². The van der Waals surface area contributed by atoms with E-state index in [4.69, 9.17) is 0 Å². The van der Waals surface area contributed by atoms with Crippen molar-refractivity contribution in [3.8, 4) is 0 Å². The second kappa shape index (κ2) is 5.33. The molecule has 1 aliphatic rings. The predicted octanol–water partition coefficient (Wildman–Crippen LogP) is 1.40.